The lowest BCUT2D eigenvalue weighted by atomic mass is 10.2. The maximum absolute atomic E-state index is 6.08. The van der Waals surface area contributed by atoms with Crippen molar-refractivity contribution in [1.82, 2.24) is 15.1 Å². The molecule has 1 unspecified atom stereocenters. The Labute approximate surface area is 159 Å². The molecule has 0 saturated carbocycles. The van der Waals surface area contributed by atoms with Crippen LogP contribution in [0.5, 0.6) is 0 Å². The molecule has 2 aromatic rings. The summed E-state index contributed by atoms with van der Waals surface area (Å²) >= 11 is 12.0. The van der Waals surface area contributed by atoms with E-state index in [9.17, 15) is 0 Å². The molecule has 0 radical (unpaired) electrons. The molecule has 0 amide bonds. The van der Waals surface area contributed by atoms with Crippen molar-refractivity contribution in [2.75, 3.05) is 39.8 Å². The fourth-order valence-electron chi connectivity index (χ4n) is 3.03. The first-order valence-corrected chi connectivity index (χ1v) is 9.45. The Bertz CT molecular complexity index is 696. The van der Waals surface area contributed by atoms with Crippen LogP contribution >= 0.6 is 23.2 Å². The van der Waals surface area contributed by atoms with Crippen LogP contribution < -0.4 is 5.32 Å². The van der Waals surface area contributed by atoms with Gasteiger partial charge in [0.05, 0.1) is 16.6 Å². The lowest BCUT2D eigenvalue weighted by Crippen LogP contribution is -2.48. The highest BCUT2D eigenvalue weighted by Crippen LogP contribution is 2.29. The Kier molecular flexibility index (Phi) is 6.42. The van der Waals surface area contributed by atoms with Gasteiger partial charge in [-0.15, -0.1) is 0 Å². The van der Waals surface area contributed by atoms with Gasteiger partial charge in [-0.05, 0) is 44.3 Å². The summed E-state index contributed by atoms with van der Waals surface area (Å²) in [7, 11) is 2.18. The maximum Gasteiger partial charge on any atom is 0.134 e. The predicted molar refractivity (Wildman–Crippen MR) is 104 cm³/mol. The van der Waals surface area contributed by atoms with E-state index in [1.807, 2.05) is 24.3 Å². The third kappa shape index (κ3) is 5.22. The topological polar surface area (TPSA) is 31.6 Å². The van der Waals surface area contributed by atoms with Crippen molar-refractivity contribution < 1.29 is 4.42 Å². The molecule has 136 valence electrons. The minimum absolute atomic E-state index is 0.418. The number of nitrogens with zero attached hydrogens (tertiary/aromatic N) is 2. The molecular formula is C19H25Cl2N3O. The van der Waals surface area contributed by atoms with Crippen LogP contribution in [0.4, 0.5) is 0 Å². The number of likely N-dealkylation sites (N-methyl/N-ethyl adjacent to an activating group) is 1. The number of rotatable bonds is 6. The summed E-state index contributed by atoms with van der Waals surface area (Å²) in [6.07, 6.45) is 0. The zero-order valence-corrected chi connectivity index (χ0v) is 16.3. The second-order valence-electron chi connectivity index (χ2n) is 6.78. The SMILES string of the molecule is CC(CN1CCN(C)CC1)NCc1ccc(-c2ccc(Cl)c(Cl)c2)o1. The molecule has 0 spiro atoms. The Hall–Kier alpha value is -1.04. The molecule has 1 aliphatic rings. The van der Waals surface area contributed by atoms with Gasteiger partial charge in [0.2, 0.25) is 0 Å². The van der Waals surface area contributed by atoms with Crippen LogP contribution in [0, 0.1) is 0 Å². The van der Waals surface area contributed by atoms with E-state index in [-0.39, 0.29) is 0 Å². The summed E-state index contributed by atoms with van der Waals surface area (Å²) in [6, 6.07) is 9.94. The normalized spacial score (nSPS) is 17.8. The summed E-state index contributed by atoms with van der Waals surface area (Å²) in [5.74, 6) is 1.73. The Morgan fingerprint density at radius 3 is 2.56 bits per heavy atom. The number of hydrogen-bond donors (Lipinski definition) is 1. The maximum atomic E-state index is 6.08. The molecule has 3 rings (SSSR count). The summed E-state index contributed by atoms with van der Waals surface area (Å²) in [5.41, 5.74) is 0.936. The van der Waals surface area contributed by atoms with Gasteiger partial charge in [0.1, 0.15) is 11.5 Å². The van der Waals surface area contributed by atoms with E-state index < -0.39 is 0 Å². The van der Waals surface area contributed by atoms with E-state index in [0.717, 1.165) is 56.4 Å². The molecule has 0 bridgehead atoms. The number of furan rings is 1. The zero-order chi connectivity index (χ0) is 17.8. The van der Waals surface area contributed by atoms with Crippen LogP contribution in [0.3, 0.4) is 0 Å². The van der Waals surface area contributed by atoms with Gasteiger partial charge in [0.15, 0.2) is 0 Å². The van der Waals surface area contributed by atoms with Gasteiger partial charge in [-0.25, -0.2) is 0 Å². The zero-order valence-electron chi connectivity index (χ0n) is 14.8. The van der Waals surface area contributed by atoms with Gasteiger partial charge in [-0.3, -0.25) is 4.90 Å². The van der Waals surface area contributed by atoms with Crippen LogP contribution in [-0.2, 0) is 6.54 Å². The highest BCUT2D eigenvalue weighted by atomic mass is 35.5. The number of piperazine rings is 1. The molecule has 25 heavy (non-hydrogen) atoms. The minimum Gasteiger partial charge on any atom is -0.460 e. The van der Waals surface area contributed by atoms with Crippen molar-refractivity contribution in [3.8, 4) is 11.3 Å². The fourth-order valence-corrected chi connectivity index (χ4v) is 3.33. The third-order valence-corrected chi connectivity index (χ3v) is 5.36. The lowest BCUT2D eigenvalue weighted by molar-refractivity contribution is 0.144. The Morgan fingerprint density at radius 1 is 1.08 bits per heavy atom. The number of halogens is 2. The quantitative estimate of drug-likeness (QED) is 0.819. The van der Waals surface area contributed by atoms with E-state index >= 15 is 0 Å². The van der Waals surface area contributed by atoms with Crippen molar-refractivity contribution in [3.63, 3.8) is 0 Å². The van der Waals surface area contributed by atoms with Gasteiger partial charge in [-0.1, -0.05) is 23.2 Å². The second-order valence-corrected chi connectivity index (χ2v) is 7.60. The van der Waals surface area contributed by atoms with Gasteiger partial charge in [0, 0.05) is 44.3 Å². The molecule has 1 N–H and O–H groups in total. The molecule has 1 atom stereocenters. The van der Waals surface area contributed by atoms with Crippen LogP contribution in [0.15, 0.2) is 34.7 Å². The molecule has 1 aromatic carbocycles. The molecule has 1 aliphatic heterocycles. The smallest absolute Gasteiger partial charge is 0.134 e. The lowest BCUT2D eigenvalue weighted by Gasteiger charge is -2.34. The fraction of sp³-hybridized carbons (Fsp3) is 0.474. The van der Waals surface area contributed by atoms with Crippen LogP contribution in [0.1, 0.15) is 12.7 Å². The largest absolute Gasteiger partial charge is 0.460 e. The van der Waals surface area contributed by atoms with Crippen molar-refractivity contribution in [3.05, 3.63) is 46.1 Å². The molecule has 6 heteroatoms. The average Bonchev–Trinajstić information content (AvgIpc) is 3.07. The standard InChI is InChI=1S/C19H25Cl2N3O/c1-14(13-24-9-7-23(2)8-10-24)22-12-16-4-6-19(25-16)15-3-5-17(20)18(21)11-15/h3-6,11,14,22H,7-10,12-13H2,1-2H3. The van der Waals surface area contributed by atoms with Gasteiger partial charge in [-0.2, -0.15) is 0 Å². The third-order valence-electron chi connectivity index (χ3n) is 4.62. The Morgan fingerprint density at radius 2 is 1.84 bits per heavy atom. The van der Waals surface area contributed by atoms with E-state index in [4.69, 9.17) is 27.6 Å². The van der Waals surface area contributed by atoms with Crippen LogP contribution in [-0.4, -0.2) is 55.6 Å². The molecule has 1 fully saturated rings. The molecule has 2 heterocycles. The number of benzene rings is 1. The highest BCUT2D eigenvalue weighted by molar-refractivity contribution is 6.42. The summed E-state index contributed by atoms with van der Waals surface area (Å²) in [6.45, 7) is 8.59. The monoisotopic (exact) mass is 381 g/mol. The Balaban J connectivity index is 1.50. The molecule has 0 aliphatic carbocycles. The number of nitrogens with one attached hydrogen (secondary N) is 1. The van der Waals surface area contributed by atoms with E-state index in [1.165, 1.54) is 0 Å². The first kappa shape index (κ1) is 18.7. The van der Waals surface area contributed by atoms with E-state index in [1.54, 1.807) is 6.07 Å². The first-order chi connectivity index (χ1) is 12.0. The van der Waals surface area contributed by atoms with Gasteiger partial charge < -0.3 is 14.6 Å². The first-order valence-electron chi connectivity index (χ1n) is 8.69. The average molecular weight is 382 g/mol. The van der Waals surface area contributed by atoms with Crippen LogP contribution in [0.25, 0.3) is 11.3 Å². The highest BCUT2D eigenvalue weighted by Gasteiger charge is 2.16. The van der Waals surface area contributed by atoms with Crippen LogP contribution in [0.2, 0.25) is 10.0 Å². The van der Waals surface area contributed by atoms with E-state index in [0.29, 0.717) is 16.1 Å². The summed E-state index contributed by atoms with van der Waals surface area (Å²) < 4.78 is 5.93. The van der Waals surface area contributed by atoms with Crippen molar-refractivity contribution in [2.24, 2.45) is 0 Å². The predicted octanol–water partition coefficient (Wildman–Crippen LogP) is 3.98. The van der Waals surface area contributed by atoms with Crippen molar-refractivity contribution in [1.29, 1.82) is 0 Å². The molecular weight excluding hydrogens is 357 g/mol. The van der Waals surface area contributed by atoms with Gasteiger partial charge >= 0.3 is 0 Å². The second kappa shape index (κ2) is 8.56. The van der Waals surface area contributed by atoms with E-state index in [2.05, 4.69) is 29.1 Å². The summed E-state index contributed by atoms with van der Waals surface area (Å²) in [4.78, 5) is 4.89. The molecule has 1 saturated heterocycles. The summed E-state index contributed by atoms with van der Waals surface area (Å²) in [5, 5.41) is 4.64. The van der Waals surface area contributed by atoms with Crippen molar-refractivity contribution in [2.45, 2.75) is 19.5 Å². The molecule has 1 aromatic heterocycles. The molecule has 4 nitrogen and oxygen atoms in total. The van der Waals surface area contributed by atoms with Crippen molar-refractivity contribution >= 4 is 23.2 Å². The number of hydrogen-bond acceptors (Lipinski definition) is 4. The van der Waals surface area contributed by atoms with Gasteiger partial charge in [0.25, 0.3) is 0 Å². The minimum atomic E-state index is 0.418.